The van der Waals surface area contributed by atoms with Gasteiger partial charge in [-0.1, -0.05) is 35.5 Å². The lowest BCUT2D eigenvalue weighted by Gasteiger charge is -2.09. The van der Waals surface area contributed by atoms with Crippen molar-refractivity contribution < 1.29 is 9.32 Å². The first-order valence-corrected chi connectivity index (χ1v) is 5.90. The second-order valence-corrected chi connectivity index (χ2v) is 4.07. The molecule has 0 radical (unpaired) electrons. The van der Waals surface area contributed by atoms with Gasteiger partial charge in [-0.25, -0.2) is 0 Å². The molecule has 1 N–H and O–H groups in total. The summed E-state index contributed by atoms with van der Waals surface area (Å²) in [6.07, 6.45) is 1.91. The molecule has 96 valence electrons. The molecule has 2 aromatic rings. The Bertz CT molecular complexity index is 558. The molecule has 1 aromatic carbocycles. The van der Waals surface area contributed by atoms with Crippen molar-refractivity contribution in [2.75, 3.05) is 0 Å². The zero-order chi connectivity index (χ0) is 13.5. The smallest absolute Gasteiger partial charge is 0.238 e. The lowest BCUT2D eigenvalue weighted by atomic mass is 10.00. The Kier molecular flexibility index (Phi) is 4.29. The number of hydrogen-bond acceptors (Lipinski definition) is 4. The largest absolute Gasteiger partial charge is 0.360 e. The highest BCUT2D eigenvalue weighted by Crippen LogP contribution is 2.08. The van der Waals surface area contributed by atoms with Gasteiger partial charge in [0, 0.05) is 6.07 Å². The predicted molar refractivity (Wildman–Crippen MR) is 67.6 cm³/mol. The van der Waals surface area contributed by atoms with Gasteiger partial charge >= 0.3 is 0 Å². The average molecular weight is 255 g/mol. The third-order valence-corrected chi connectivity index (χ3v) is 2.68. The van der Waals surface area contributed by atoms with Gasteiger partial charge in [0.1, 0.15) is 5.92 Å². The molecule has 0 aliphatic rings. The summed E-state index contributed by atoms with van der Waals surface area (Å²) in [4.78, 5) is 11.9. The number of carbonyl (C=O) groups is 1. The van der Waals surface area contributed by atoms with Gasteiger partial charge in [0.25, 0.3) is 0 Å². The van der Waals surface area contributed by atoms with Crippen LogP contribution in [-0.2, 0) is 17.8 Å². The summed E-state index contributed by atoms with van der Waals surface area (Å²) >= 11 is 0. The summed E-state index contributed by atoms with van der Waals surface area (Å²) in [6, 6.07) is 13.1. The van der Waals surface area contributed by atoms with Gasteiger partial charge in [-0.3, -0.25) is 4.79 Å². The Hall–Kier alpha value is -2.61. The molecule has 1 heterocycles. The summed E-state index contributed by atoms with van der Waals surface area (Å²) in [5.41, 5.74) is 0.962. The van der Waals surface area contributed by atoms with Crippen molar-refractivity contribution in [2.45, 2.75) is 13.0 Å². The van der Waals surface area contributed by atoms with Crippen LogP contribution in [0.4, 0.5) is 0 Å². The Labute approximate surface area is 110 Å². The Morgan fingerprint density at radius 3 is 2.79 bits per heavy atom. The highest BCUT2D eigenvalue weighted by Gasteiger charge is 2.18. The SMILES string of the molecule is N#CC(Cc1ccccc1)C(=O)NCc1ccno1. The van der Waals surface area contributed by atoms with Crippen LogP contribution in [0.3, 0.4) is 0 Å². The maximum absolute atomic E-state index is 11.9. The van der Waals surface area contributed by atoms with Crippen LogP contribution in [-0.4, -0.2) is 11.1 Å². The lowest BCUT2D eigenvalue weighted by Crippen LogP contribution is -2.30. The number of carbonyl (C=O) groups excluding carboxylic acids is 1. The molecular formula is C14H13N3O2. The molecule has 0 spiro atoms. The molecule has 0 aliphatic carbocycles. The minimum Gasteiger partial charge on any atom is -0.360 e. The summed E-state index contributed by atoms with van der Waals surface area (Å²) in [7, 11) is 0. The van der Waals surface area contributed by atoms with Gasteiger partial charge in [0.05, 0.1) is 18.8 Å². The molecule has 1 atom stereocenters. The van der Waals surface area contributed by atoms with E-state index in [1.54, 1.807) is 6.07 Å². The Morgan fingerprint density at radius 1 is 1.37 bits per heavy atom. The van der Waals surface area contributed by atoms with Crippen molar-refractivity contribution in [3.05, 3.63) is 53.9 Å². The number of nitrogens with one attached hydrogen (secondary N) is 1. The number of benzene rings is 1. The maximum atomic E-state index is 11.9. The Balaban J connectivity index is 1.90. The normalized spacial score (nSPS) is 11.5. The van der Waals surface area contributed by atoms with E-state index in [1.165, 1.54) is 6.20 Å². The van der Waals surface area contributed by atoms with Crippen LogP contribution in [0.5, 0.6) is 0 Å². The van der Waals surface area contributed by atoms with Crippen molar-refractivity contribution >= 4 is 5.91 Å². The van der Waals surface area contributed by atoms with Crippen molar-refractivity contribution in [3.63, 3.8) is 0 Å². The second kappa shape index (κ2) is 6.36. The van der Waals surface area contributed by atoms with Crippen molar-refractivity contribution in [2.24, 2.45) is 5.92 Å². The molecule has 1 unspecified atom stereocenters. The van der Waals surface area contributed by atoms with Crippen LogP contribution >= 0.6 is 0 Å². The van der Waals surface area contributed by atoms with Crippen LogP contribution in [0.1, 0.15) is 11.3 Å². The van der Waals surface area contributed by atoms with Crippen molar-refractivity contribution in [1.29, 1.82) is 5.26 Å². The fraction of sp³-hybridized carbons (Fsp3) is 0.214. The van der Waals surface area contributed by atoms with Crippen LogP contribution in [0.15, 0.2) is 47.1 Å². The maximum Gasteiger partial charge on any atom is 0.238 e. The minimum atomic E-state index is -0.703. The molecule has 5 heteroatoms. The van der Waals surface area contributed by atoms with Gasteiger partial charge in [-0.05, 0) is 12.0 Å². The van der Waals surface area contributed by atoms with Gasteiger partial charge in [-0.2, -0.15) is 5.26 Å². The van der Waals surface area contributed by atoms with Gasteiger partial charge in [0.2, 0.25) is 5.91 Å². The molecule has 5 nitrogen and oxygen atoms in total. The molecule has 0 fully saturated rings. The van der Waals surface area contributed by atoms with Gasteiger partial charge in [0.15, 0.2) is 5.76 Å². The van der Waals surface area contributed by atoms with E-state index in [-0.39, 0.29) is 12.5 Å². The third-order valence-electron chi connectivity index (χ3n) is 2.68. The van der Waals surface area contributed by atoms with Gasteiger partial charge < -0.3 is 9.84 Å². The van der Waals surface area contributed by atoms with Crippen molar-refractivity contribution in [3.8, 4) is 6.07 Å². The van der Waals surface area contributed by atoms with Crippen molar-refractivity contribution in [1.82, 2.24) is 10.5 Å². The van der Waals surface area contributed by atoms with E-state index in [0.717, 1.165) is 5.56 Å². The fourth-order valence-corrected chi connectivity index (χ4v) is 1.68. The minimum absolute atomic E-state index is 0.242. The molecular weight excluding hydrogens is 242 g/mol. The molecule has 0 saturated carbocycles. The summed E-state index contributed by atoms with van der Waals surface area (Å²) in [6.45, 7) is 0.242. The van der Waals surface area contributed by atoms with Crippen LogP contribution in [0.25, 0.3) is 0 Å². The number of hydrogen-bond donors (Lipinski definition) is 1. The highest BCUT2D eigenvalue weighted by atomic mass is 16.5. The molecule has 1 amide bonds. The van der Waals surface area contributed by atoms with E-state index in [2.05, 4.69) is 10.5 Å². The van der Waals surface area contributed by atoms with Crippen LogP contribution in [0, 0.1) is 17.2 Å². The topological polar surface area (TPSA) is 78.9 Å². The molecule has 2 rings (SSSR count). The predicted octanol–water partition coefficient (Wildman–Crippen LogP) is 1.67. The molecule has 1 aromatic heterocycles. The number of amides is 1. The fourth-order valence-electron chi connectivity index (χ4n) is 1.68. The Morgan fingerprint density at radius 2 is 2.16 bits per heavy atom. The number of nitriles is 1. The number of nitrogens with zero attached hydrogens (tertiary/aromatic N) is 2. The monoisotopic (exact) mass is 255 g/mol. The van der Waals surface area contributed by atoms with Crippen LogP contribution < -0.4 is 5.32 Å². The first-order valence-electron chi connectivity index (χ1n) is 5.90. The quantitative estimate of drug-likeness (QED) is 0.881. The van der Waals surface area contributed by atoms with E-state index in [9.17, 15) is 4.79 Å². The van der Waals surface area contributed by atoms with E-state index >= 15 is 0 Å². The zero-order valence-electron chi connectivity index (χ0n) is 10.2. The molecule has 0 bridgehead atoms. The summed E-state index contributed by atoms with van der Waals surface area (Å²) in [5, 5.41) is 15.3. The molecule has 0 aliphatic heterocycles. The lowest BCUT2D eigenvalue weighted by molar-refractivity contribution is -0.123. The first-order chi connectivity index (χ1) is 9.29. The second-order valence-electron chi connectivity index (χ2n) is 4.07. The van der Waals surface area contributed by atoms with Crippen LogP contribution in [0.2, 0.25) is 0 Å². The summed E-state index contributed by atoms with van der Waals surface area (Å²) in [5.74, 6) is -0.446. The van der Waals surface area contributed by atoms with E-state index in [1.807, 2.05) is 36.4 Å². The average Bonchev–Trinajstić information content (AvgIpc) is 2.96. The highest BCUT2D eigenvalue weighted by molar-refractivity contribution is 5.81. The zero-order valence-corrected chi connectivity index (χ0v) is 10.2. The van der Waals surface area contributed by atoms with E-state index < -0.39 is 5.92 Å². The van der Waals surface area contributed by atoms with Gasteiger partial charge in [-0.15, -0.1) is 0 Å². The standard InChI is InChI=1S/C14H13N3O2/c15-9-12(8-11-4-2-1-3-5-11)14(18)16-10-13-6-7-17-19-13/h1-7,12H,8,10H2,(H,16,18). The third kappa shape index (κ3) is 3.68. The number of aromatic nitrogens is 1. The first kappa shape index (κ1) is 12.8. The summed E-state index contributed by atoms with van der Waals surface area (Å²) < 4.78 is 4.87. The number of rotatable bonds is 5. The van der Waals surface area contributed by atoms with E-state index in [0.29, 0.717) is 12.2 Å². The van der Waals surface area contributed by atoms with E-state index in [4.69, 9.17) is 9.78 Å². The molecule has 19 heavy (non-hydrogen) atoms. The molecule has 0 saturated heterocycles.